The second-order valence-corrected chi connectivity index (χ2v) is 4.88. The molecule has 0 aromatic carbocycles. The summed E-state index contributed by atoms with van der Waals surface area (Å²) < 4.78 is 20.9. The van der Waals surface area contributed by atoms with Gasteiger partial charge in [-0.05, 0) is 6.42 Å². The van der Waals surface area contributed by atoms with Gasteiger partial charge >= 0.3 is 0 Å². The van der Waals surface area contributed by atoms with Gasteiger partial charge in [-0.25, -0.2) is 0 Å². The zero-order valence-corrected chi connectivity index (χ0v) is 12.4. The maximum Gasteiger partial charge on any atom is 0.0963 e. The molecule has 6 nitrogen and oxygen atoms in total. The largest absolute Gasteiger partial charge is 0.387 e. The molecule has 0 rings (SSSR count). The van der Waals surface area contributed by atoms with E-state index in [1.54, 1.807) is 7.11 Å². The van der Waals surface area contributed by atoms with Crippen LogP contribution in [0.15, 0.2) is 0 Å². The van der Waals surface area contributed by atoms with Crippen molar-refractivity contribution in [1.29, 1.82) is 5.41 Å². The fourth-order valence-corrected chi connectivity index (χ4v) is 1.15. The summed E-state index contributed by atoms with van der Waals surface area (Å²) in [6.07, 6.45) is 0.739. The van der Waals surface area contributed by atoms with E-state index in [0.717, 1.165) is 6.42 Å². The molecule has 0 radical (unpaired) electrons. The third kappa shape index (κ3) is 10.9. The average Bonchev–Trinajstić information content (AvgIpc) is 2.35. The first-order chi connectivity index (χ1) is 9.00. The summed E-state index contributed by atoms with van der Waals surface area (Å²) in [5.41, 5.74) is 5.19. The molecule has 114 valence electrons. The van der Waals surface area contributed by atoms with Crippen LogP contribution in [0.2, 0.25) is 0 Å². The van der Waals surface area contributed by atoms with Gasteiger partial charge in [0.1, 0.15) is 0 Å². The predicted molar refractivity (Wildman–Crippen MR) is 74.6 cm³/mol. The van der Waals surface area contributed by atoms with E-state index in [2.05, 4.69) is 0 Å². The number of amidine groups is 1. The van der Waals surface area contributed by atoms with Crippen LogP contribution in [-0.2, 0) is 18.9 Å². The normalized spacial score (nSPS) is 11.7. The molecule has 0 atom stereocenters. The predicted octanol–water partition coefficient (Wildman–Crippen LogP) is 1.03. The average molecular weight is 276 g/mol. The number of methoxy groups -OCH3 is 1. The molecule has 0 aliphatic heterocycles. The first-order valence-electron chi connectivity index (χ1n) is 6.57. The van der Waals surface area contributed by atoms with Gasteiger partial charge in [0.15, 0.2) is 0 Å². The van der Waals surface area contributed by atoms with Crippen LogP contribution in [0.3, 0.4) is 0 Å². The molecule has 0 aromatic rings. The standard InChI is InChI=1S/C13H28N2O4/c1-13(2,12(14)15)4-5-17-8-9-19-11-10-18-7-6-16-3/h4-11H2,1-3H3,(H3,14,15). The van der Waals surface area contributed by atoms with Gasteiger partial charge < -0.3 is 24.7 Å². The molecule has 0 aromatic heterocycles. The highest BCUT2D eigenvalue weighted by Crippen LogP contribution is 2.19. The highest BCUT2D eigenvalue weighted by molar-refractivity contribution is 5.82. The van der Waals surface area contributed by atoms with Crippen LogP contribution in [0.1, 0.15) is 20.3 Å². The molecule has 0 spiro atoms. The first kappa shape index (κ1) is 18.3. The number of rotatable bonds is 13. The Morgan fingerprint density at radius 3 is 1.74 bits per heavy atom. The van der Waals surface area contributed by atoms with Crippen molar-refractivity contribution in [2.24, 2.45) is 11.1 Å². The Bertz CT molecular complexity index is 235. The van der Waals surface area contributed by atoms with Crippen molar-refractivity contribution in [2.45, 2.75) is 20.3 Å². The Labute approximate surface area is 116 Å². The molecule has 0 fully saturated rings. The minimum atomic E-state index is -0.296. The van der Waals surface area contributed by atoms with Gasteiger partial charge in [-0.15, -0.1) is 0 Å². The number of ether oxygens (including phenoxy) is 4. The van der Waals surface area contributed by atoms with Crippen molar-refractivity contribution in [3.05, 3.63) is 0 Å². The van der Waals surface area contributed by atoms with E-state index in [-0.39, 0.29) is 11.3 Å². The van der Waals surface area contributed by atoms with Gasteiger partial charge in [0, 0.05) is 19.1 Å². The molecule has 19 heavy (non-hydrogen) atoms. The maximum absolute atomic E-state index is 7.41. The van der Waals surface area contributed by atoms with Crippen LogP contribution in [-0.4, -0.2) is 59.2 Å². The fraction of sp³-hybridized carbons (Fsp3) is 0.923. The summed E-state index contributed by atoms with van der Waals surface area (Å²) in [7, 11) is 1.64. The van der Waals surface area contributed by atoms with Crippen molar-refractivity contribution in [3.8, 4) is 0 Å². The highest BCUT2D eigenvalue weighted by atomic mass is 16.6. The Kier molecular flexibility index (Phi) is 10.8. The van der Waals surface area contributed by atoms with E-state index in [9.17, 15) is 0 Å². The van der Waals surface area contributed by atoms with E-state index >= 15 is 0 Å². The molecular weight excluding hydrogens is 248 g/mol. The van der Waals surface area contributed by atoms with Crippen molar-refractivity contribution >= 4 is 5.84 Å². The van der Waals surface area contributed by atoms with Gasteiger partial charge in [-0.2, -0.15) is 0 Å². The molecule has 0 unspecified atom stereocenters. The second kappa shape index (κ2) is 11.2. The SMILES string of the molecule is COCCOCCOCCOCCC(C)(C)C(=N)N. The molecule has 0 bridgehead atoms. The number of nitrogens with one attached hydrogen (secondary N) is 1. The van der Waals surface area contributed by atoms with Crippen molar-refractivity contribution in [3.63, 3.8) is 0 Å². The quantitative estimate of drug-likeness (QED) is 0.298. The molecule has 0 aliphatic rings. The van der Waals surface area contributed by atoms with Crippen LogP contribution in [0.25, 0.3) is 0 Å². The summed E-state index contributed by atoms with van der Waals surface area (Å²) in [4.78, 5) is 0. The van der Waals surface area contributed by atoms with Gasteiger partial charge in [-0.3, -0.25) is 5.41 Å². The van der Waals surface area contributed by atoms with Gasteiger partial charge in [-0.1, -0.05) is 13.8 Å². The molecule has 0 aliphatic carbocycles. The molecule has 3 N–H and O–H groups in total. The first-order valence-corrected chi connectivity index (χ1v) is 6.57. The Morgan fingerprint density at radius 2 is 1.32 bits per heavy atom. The molecule has 0 saturated carbocycles. The van der Waals surface area contributed by atoms with E-state index in [0.29, 0.717) is 46.2 Å². The van der Waals surface area contributed by atoms with E-state index in [4.69, 9.17) is 30.1 Å². The van der Waals surface area contributed by atoms with Crippen LogP contribution >= 0.6 is 0 Å². The Balaban J connectivity index is 3.21. The summed E-state index contributed by atoms with van der Waals surface area (Å²) in [5.74, 6) is 0.195. The molecule has 0 saturated heterocycles. The molecule has 6 heteroatoms. The minimum absolute atomic E-state index is 0.195. The zero-order valence-electron chi connectivity index (χ0n) is 12.4. The summed E-state index contributed by atoms with van der Waals surface area (Å²) in [6, 6.07) is 0. The summed E-state index contributed by atoms with van der Waals surface area (Å²) in [6.45, 7) is 7.89. The van der Waals surface area contributed by atoms with Crippen LogP contribution in [0.4, 0.5) is 0 Å². The summed E-state index contributed by atoms with van der Waals surface area (Å²) in [5, 5.41) is 7.41. The smallest absolute Gasteiger partial charge is 0.0963 e. The lowest BCUT2D eigenvalue weighted by molar-refractivity contribution is 0.00173. The van der Waals surface area contributed by atoms with E-state index in [1.165, 1.54) is 0 Å². The van der Waals surface area contributed by atoms with Gasteiger partial charge in [0.2, 0.25) is 0 Å². The lowest BCUT2D eigenvalue weighted by Gasteiger charge is -2.22. The Hall–Kier alpha value is -0.690. The lowest BCUT2D eigenvalue weighted by Crippen LogP contribution is -2.32. The van der Waals surface area contributed by atoms with Crippen molar-refractivity contribution in [2.75, 3.05) is 53.4 Å². The van der Waals surface area contributed by atoms with E-state index < -0.39 is 0 Å². The highest BCUT2D eigenvalue weighted by Gasteiger charge is 2.20. The molecule has 0 amide bonds. The van der Waals surface area contributed by atoms with Crippen molar-refractivity contribution < 1.29 is 18.9 Å². The maximum atomic E-state index is 7.41. The topological polar surface area (TPSA) is 86.8 Å². The zero-order chi connectivity index (χ0) is 14.6. The van der Waals surface area contributed by atoms with Crippen LogP contribution in [0.5, 0.6) is 0 Å². The third-order valence-corrected chi connectivity index (χ3v) is 2.78. The monoisotopic (exact) mass is 276 g/mol. The van der Waals surface area contributed by atoms with E-state index in [1.807, 2.05) is 13.8 Å². The van der Waals surface area contributed by atoms with Gasteiger partial charge in [0.25, 0.3) is 0 Å². The fourth-order valence-electron chi connectivity index (χ4n) is 1.15. The van der Waals surface area contributed by atoms with Gasteiger partial charge in [0.05, 0.1) is 45.5 Å². The Morgan fingerprint density at radius 1 is 0.895 bits per heavy atom. The van der Waals surface area contributed by atoms with Crippen LogP contribution < -0.4 is 5.73 Å². The molecule has 0 heterocycles. The molecular formula is C13H28N2O4. The second-order valence-electron chi connectivity index (χ2n) is 4.88. The number of hydrogen-bond donors (Lipinski definition) is 2. The number of nitrogens with two attached hydrogens (primary N) is 1. The van der Waals surface area contributed by atoms with Crippen molar-refractivity contribution in [1.82, 2.24) is 0 Å². The summed E-state index contributed by atoms with van der Waals surface area (Å²) >= 11 is 0. The third-order valence-electron chi connectivity index (χ3n) is 2.78. The minimum Gasteiger partial charge on any atom is -0.387 e. The van der Waals surface area contributed by atoms with Crippen LogP contribution in [0, 0.1) is 10.8 Å². The number of hydrogen-bond acceptors (Lipinski definition) is 5. The lowest BCUT2D eigenvalue weighted by atomic mass is 9.89.